The summed E-state index contributed by atoms with van der Waals surface area (Å²) in [5, 5.41) is 18.0. The molecule has 0 bridgehead atoms. The van der Waals surface area contributed by atoms with E-state index >= 15 is 0 Å². The lowest BCUT2D eigenvalue weighted by molar-refractivity contribution is 0.215. The van der Waals surface area contributed by atoms with Crippen LogP contribution in [0.5, 0.6) is 11.6 Å². The molecule has 1 fully saturated rings. The van der Waals surface area contributed by atoms with E-state index in [-0.39, 0.29) is 11.9 Å². The number of hydrogen-bond acceptors (Lipinski definition) is 4. The fourth-order valence-corrected chi connectivity index (χ4v) is 2.19. The Hall–Kier alpha value is -1.75. The van der Waals surface area contributed by atoms with E-state index in [1.165, 1.54) is 0 Å². The quantitative estimate of drug-likeness (QED) is 0.813. The molecule has 0 amide bonds. The molecule has 1 atom stereocenters. The van der Waals surface area contributed by atoms with Gasteiger partial charge in [0.15, 0.2) is 0 Å². The molecule has 1 aromatic heterocycles. The molecule has 1 aromatic carbocycles. The number of phenolic OH excluding ortho intramolecular Hbond substituents is 1. The second-order valence-corrected chi connectivity index (χ2v) is 4.36. The Kier molecular flexibility index (Phi) is 2.40. The molecule has 3 rings (SSSR count). The summed E-state index contributed by atoms with van der Waals surface area (Å²) in [5.41, 5.74) is 0.881. The fourth-order valence-electron chi connectivity index (χ4n) is 2.19. The van der Waals surface area contributed by atoms with Gasteiger partial charge in [0.2, 0.25) is 5.88 Å². The van der Waals surface area contributed by atoms with Gasteiger partial charge in [-0.25, -0.2) is 0 Å². The highest BCUT2D eigenvalue weighted by atomic mass is 16.5. The lowest BCUT2D eigenvalue weighted by Gasteiger charge is -2.09. The monoisotopic (exact) mass is 233 g/mol. The van der Waals surface area contributed by atoms with E-state index in [0.29, 0.717) is 5.88 Å². The van der Waals surface area contributed by atoms with Gasteiger partial charge < -0.3 is 15.2 Å². The van der Waals surface area contributed by atoms with Crippen LogP contribution in [0.25, 0.3) is 10.9 Å². The molecule has 1 aliphatic rings. The minimum absolute atomic E-state index is 0.196. The zero-order valence-electron chi connectivity index (χ0n) is 9.68. The van der Waals surface area contributed by atoms with E-state index in [2.05, 4.69) is 10.4 Å². The number of aromatic nitrogens is 2. The topological polar surface area (TPSA) is 59.3 Å². The number of aryl methyl sites for hydroxylation is 1. The number of rotatable bonds is 2. The summed E-state index contributed by atoms with van der Waals surface area (Å²) in [6, 6.07) is 5.20. The summed E-state index contributed by atoms with van der Waals surface area (Å²) < 4.78 is 7.60. The number of nitrogens with zero attached hydrogens (tertiary/aromatic N) is 2. The van der Waals surface area contributed by atoms with Gasteiger partial charge in [-0.2, -0.15) is 0 Å². The molecule has 0 spiro atoms. The van der Waals surface area contributed by atoms with Crippen molar-refractivity contribution in [2.75, 3.05) is 13.1 Å². The average Bonchev–Trinajstić information content (AvgIpc) is 2.89. The lowest BCUT2D eigenvalue weighted by atomic mass is 10.2. The molecule has 5 heteroatoms. The Labute approximate surface area is 99.0 Å². The van der Waals surface area contributed by atoms with Crippen LogP contribution in [0.3, 0.4) is 0 Å². The van der Waals surface area contributed by atoms with Crippen LogP contribution in [-0.2, 0) is 7.05 Å². The Balaban J connectivity index is 1.98. The largest absolute Gasteiger partial charge is 0.508 e. The summed E-state index contributed by atoms with van der Waals surface area (Å²) in [6.07, 6.45) is 1.21. The summed E-state index contributed by atoms with van der Waals surface area (Å²) in [6.45, 7) is 1.87. The van der Waals surface area contributed by atoms with Gasteiger partial charge in [-0.1, -0.05) is 0 Å². The van der Waals surface area contributed by atoms with Crippen molar-refractivity contribution in [3.05, 3.63) is 18.2 Å². The van der Waals surface area contributed by atoms with Crippen molar-refractivity contribution in [3.8, 4) is 11.6 Å². The van der Waals surface area contributed by atoms with Crippen LogP contribution in [-0.4, -0.2) is 34.1 Å². The highest BCUT2D eigenvalue weighted by Gasteiger charge is 2.19. The molecule has 1 saturated heterocycles. The first-order valence-electron chi connectivity index (χ1n) is 5.77. The van der Waals surface area contributed by atoms with Gasteiger partial charge in [0.1, 0.15) is 11.9 Å². The van der Waals surface area contributed by atoms with Crippen LogP contribution < -0.4 is 10.1 Å². The van der Waals surface area contributed by atoms with E-state index < -0.39 is 0 Å². The molecule has 2 heterocycles. The van der Waals surface area contributed by atoms with Gasteiger partial charge in [0.25, 0.3) is 0 Å². The molecule has 17 heavy (non-hydrogen) atoms. The third-order valence-corrected chi connectivity index (χ3v) is 3.09. The Morgan fingerprint density at radius 1 is 1.53 bits per heavy atom. The highest BCUT2D eigenvalue weighted by molar-refractivity contribution is 5.85. The molecule has 2 aromatic rings. The predicted octanol–water partition coefficient (Wildman–Crippen LogP) is 1.02. The zero-order valence-corrected chi connectivity index (χ0v) is 9.68. The van der Waals surface area contributed by atoms with Crippen LogP contribution in [0.2, 0.25) is 0 Å². The second-order valence-electron chi connectivity index (χ2n) is 4.36. The third kappa shape index (κ3) is 1.82. The predicted molar refractivity (Wildman–Crippen MR) is 64.3 cm³/mol. The molecule has 1 unspecified atom stereocenters. The van der Waals surface area contributed by atoms with Crippen molar-refractivity contribution < 1.29 is 9.84 Å². The molecule has 5 nitrogen and oxygen atoms in total. The van der Waals surface area contributed by atoms with Crippen LogP contribution >= 0.6 is 0 Å². The number of aromatic hydroxyl groups is 1. The maximum atomic E-state index is 9.46. The second kappa shape index (κ2) is 3.92. The Bertz CT molecular complexity index is 544. The molecule has 0 aliphatic carbocycles. The van der Waals surface area contributed by atoms with Gasteiger partial charge >= 0.3 is 0 Å². The zero-order chi connectivity index (χ0) is 11.8. The Morgan fingerprint density at radius 2 is 2.41 bits per heavy atom. The van der Waals surface area contributed by atoms with Crippen molar-refractivity contribution in [2.45, 2.75) is 12.5 Å². The molecular weight excluding hydrogens is 218 g/mol. The summed E-state index contributed by atoms with van der Waals surface area (Å²) >= 11 is 0. The number of fused-ring (bicyclic) bond motifs is 1. The third-order valence-electron chi connectivity index (χ3n) is 3.09. The van der Waals surface area contributed by atoms with Crippen LogP contribution in [0.15, 0.2) is 18.2 Å². The minimum Gasteiger partial charge on any atom is -0.508 e. The van der Waals surface area contributed by atoms with Crippen molar-refractivity contribution in [1.29, 1.82) is 0 Å². The van der Waals surface area contributed by atoms with Crippen LogP contribution in [0.1, 0.15) is 6.42 Å². The van der Waals surface area contributed by atoms with Crippen molar-refractivity contribution in [2.24, 2.45) is 7.05 Å². The SMILES string of the molecule is Cn1nc(OC2CCNC2)c2ccc(O)cc21. The molecule has 0 radical (unpaired) electrons. The summed E-state index contributed by atoms with van der Waals surface area (Å²) in [4.78, 5) is 0. The fraction of sp³-hybridized carbons (Fsp3) is 0.417. The maximum Gasteiger partial charge on any atom is 0.241 e. The van der Waals surface area contributed by atoms with Gasteiger partial charge in [-0.15, -0.1) is 5.10 Å². The van der Waals surface area contributed by atoms with Crippen LogP contribution in [0.4, 0.5) is 0 Å². The molecule has 1 aliphatic heterocycles. The van der Waals surface area contributed by atoms with Crippen molar-refractivity contribution in [3.63, 3.8) is 0 Å². The van der Waals surface area contributed by atoms with Gasteiger partial charge in [-0.05, 0) is 25.1 Å². The first kappa shape index (κ1) is 10.4. The first-order chi connectivity index (χ1) is 8.24. The highest BCUT2D eigenvalue weighted by Crippen LogP contribution is 2.28. The molecule has 2 N–H and O–H groups in total. The standard InChI is InChI=1S/C12H15N3O2/c1-15-11-6-8(16)2-3-10(11)12(14-15)17-9-4-5-13-7-9/h2-3,6,9,13,16H,4-5,7H2,1H3. The van der Waals surface area contributed by atoms with Crippen LogP contribution in [0, 0.1) is 0 Å². The number of ether oxygens (including phenoxy) is 1. The normalized spacial score (nSPS) is 19.9. The Morgan fingerprint density at radius 3 is 3.18 bits per heavy atom. The smallest absolute Gasteiger partial charge is 0.241 e. The van der Waals surface area contributed by atoms with Gasteiger partial charge in [0, 0.05) is 19.7 Å². The number of hydrogen-bond donors (Lipinski definition) is 2. The van der Waals surface area contributed by atoms with E-state index in [0.717, 1.165) is 30.4 Å². The summed E-state index contributed by atoms with van der Waals surface area (Å²) in [5.74, 6) is 0.894. The molecule has 0 saturated carbocycles. The number of benzene rings is 1. The van der Waals surface area contributed by atoms with E-state index in [1.54, 1.807) is 16.8 Å². The molecule has 90 valence electrons. The van der Waals surface area contributed by atoms with E-state index in [9.17, 15) is 5.11 Å². The average molecular weight is 233 g/mol. The maximum absolute atomic E-state index is 9.46. The lowest BCUT2D eigenvalue weighted by Crippen LogP contribution is -2.19. The van der Waals surface area contributed by atoms with E-state index in [1.807, 2.05) is 13.1 Å². The van der Waals surface area contributed by atoms with Gasteiger partial charge in [-0.3, -0.25) is 4.68 Å². The van der Waals surface area contributed by atoms with E-state index in [4.69, 9.17) is 4.74 Å². The van der Waals surface area contributed by atoms with Gasteiger partial charge in [0.05, 0.1) is 10.9 Å². The van der Waals surface area contributed by atoms with Crippen molar-refractivity contribution in [1.82, 2.24) is 15.1 Å². The number of phenols is 1. The molecular formula is C12H15N3O2. The summed E-state index contributed by atoms with van der Waals surface area (Å²) in [7, 11) is 1.85. The minimum atomic E-state index is 0.196. The number of nitrogens with one attached hydrogen (secondary N) is 1. The first-order valence-corrected chi connectivity index (χ1v) is 5.77. The van der Waals surface area contributed by atoms with Crippen molar-refractivity contribution >= 4 is 10.9 Å².